The van der Waals surface area contributed by atoms with Gasteiger partial charge in [0.15, 0.2) is 0 Å². The van der Waals surface area contributed by atoms with Crippen molar-refractivity contribution in [3.05, 3.63) is 0 Å². The van der Waals surface area contributed by atoms with E-state index in [1.54, 1.807) is 0 Å². The Hall–Kier alpha value is -0.0800. The summed E-state index contributed by atoms with van der Waals surface area (Å²) in [7, 11) is 0. The van der Waals surface area contributed by atoms with Crippen LogP contribution in [0, 0.1) is 11.3 Å². The van der Waals surface area contributed by atoms with Crippen LogP contribution in [0.4, 0.5) is 0 Å². The number of rotatable bonds is 6. The number of nitrogens with two attached hydrogens (primary N) is 2. The molecule has 0 heterocycles. The van der Waals surface area contributed by atoms with Gasteiger partial charge in [0.1, 0.15) is 0 Å². The maximum absolute atomic E-state index is 6.06. The van der Waals surface area contributed by atoms with E-state index in [4.69, 9.17) is 11.5 Å². The second kappa shape index (κ2) is 5.61. The molecule has 0 aromatic heterocycles. The molecule has 4 N–H and O–H groups in total. The van der Waals surface area contributed by atoms with Crippen LogP contribution in [0.5, 0.6) is 0 Å². The zero-order valence-corrected chi connectivity index (χ0v) is 9.64. The first-order chi connectivity index (χ1) is 5.91. The summed E-state index contributed by atoms with van der Waals surface area (Å²) >= 11 is 0. The highest BCUT2D eigenvalue weighted by Gasteiger charge is 2.20. The fourth-order valence-electron chi connectivity index (χ4n) is 1.55. The molecule has 0 aliphatic heterocycles. The monoisotopic (exact) mass is 186 g/mol. The third-order valence-corrected chi connectivity index (χ3v) is 2.88. The molecule has 2 unspecified atom stereocenters. The molecule has 0 aromatic rings. The molecule has 13 heavy (non-hydrogen) atoms. The maximum atomic E-state index is 6.06. The summed E-state index contributed by atoms with van der Waals surface area (Å²) in [6.07, 6.45) is 3.35. The molecule has 0 saturated carbocycles. The Balaban J connectivity index is 3.79. The van der Waals surface area contributed by atoms with Gasteiger partial charge in [-0.25, -0.2) is 0 Å². The lowest BCUT2D eigenvalue weighted by atomic mass is 9.81. The molecule has 0 amide bonds. The van der Waals surface area contributed by atoms with E-state index in [2.05, 4.69) is 27.7 Å². The molecule has 0 aromatic carbocycles. The molecule has 0 aliphatic carbocycles. The molecule has 2 heteroatoms. The fourth-order valence-corrected chi connectivity index (χ4v) is 1.55. The second-order valence-corrected chi connectivity index (χ2v) is 5.06. The Kier molecular flexibility index (Phi) is 5.57. The van der Waals surface area contributed by atoms with E-state index in [0.717, 1.165) is 19.4 Å². The highest BCUT2D eigenvalue weighted by atomic mass is 14.6. The summed E-state index contributed by atoms with van der Waals surface area (Å²) < 4.78 is 0. The minimum Gasteiger partial charge on any atom is -0.330 e. The molecule has 2 atom stereocenters. The van der Waals surface area contributed by atoms with Crippen molar-refractivity contribution in [3.63, 3.8) is 0 Å². The predicted octanol–water partition coefficient (Wildman–Crippen LogP) is 2.12. The van der Waals surface area contributed by atoms with Gasteiger partial charge in [-0.2, -0.15) is 0 Å². The fraction of sp³-hybridized carbons (Fsp3) is 1.00. The van der Waals surface area contributed by atoms with Gasteiger partial charge in [0.25, 0.3) is 0 Å². The lowest BCUT2D eigenvalue weighted by molar-refractivity contribution is 0.274. The van der Waals surface area contributed by atoms with Crippen molar-refractivity contribution in [1.82, 2.24) is 0 Å². The molecule has 0 spiro atoms. The van der Waals surface area contributed by atoms with Gasteiger partial charge in [0, 0.05) is 6.04 Å². The van der Waals surface area contributed by atoms with Crippen molar-refractivity contribution in [2.45, 2.75) is 53.0 Å². The summed E-state index contributed by atoms with van der Waals surface area (Å²) in [5.74, 6) is 0.558. The maximum Gasteiger partial charge on any atom is 0.00469 e. The summed E-state index contributed by atoms with van der Waals surface area (Å²) in [5.41, 5.74) is 12.0. The molecule has 0 aliphatic rings. The molecule has 0 radical (unpaired) electrons. The van der Waals surface area contributed by atoms with E-state index in [0.29, 0.717) is 17.4 Å². The Morgan fingerprint density at radius 2 is 1.85 bits per heavy atom. The van der Waals surface area contributed by atoms with Crippen molar-refractivity contribution in [2.75, 3.05) is 6.54 Å². The zero-order valence-electron chi connectivity index (χ0n) is 9.64. The molecule has 0 rings (SSSR count). The first-order valence-electron chi connectivity index (χ1n) is 5.37. The van der Waals surface area contributed by atoms with Gasteiger partial charge in [0.05, 0.1) is 0 Å². The van der Waals surface area contributed by atoms with Gasteiger partial charge in [-0.15, -0.1) is 0 Å². The van der Waals surface area contributed by atoms with E-state index in [1.807, 2.05) is 0 Å². The molecule has 0 bridgehead atoms. The van der Waals surface area contributed by atoms with E-state index >= 15 is 0 Å². The van der Waals surface area contributed by atoms with Crippen LogP contribution in [-0.2, 0) is 0 Å². The van der Waals surface area contributed by atoms with Crippen LogP contribution in [-0.4, -0.2) is 12.6 Å². The zero-order chi connectivity index (χ0) is 10.5. The summed E-state index contributed by atoms with van der Waals surface area (Å²) in [5, 5.41) is 0. The third-order valence-electron chi connectivity index (χ3n) is 2.88. The molecular formula is C11H26N2. The Labute approximate surface area is 83.1 Å². The number of hydrogen-bond donors (Lipinski definition) is 2. The van der Waals surface area contributed by atoms with E-state index in [1.165, 1.54) is 6.42 Å². The normalized spacial score (nSPS) is 17.1. The molecule has 2 nitrogen and oxygen atoms in total. The first kappa shape index (κ1) is 12.9. The van der Waals surface area contributed by atoms with Crippen LogP contribution in [0.2, 0.25) is 0 Å². The van der Waals surface area contributed by atoms with Gasteiger partial charge in [-0.1, -0.05) is 34.1 Å². The largest absolute Gasteiger partial charge is 0.330 e. The minimum absolute atomic E-state index is 0.313. The van der Waals surface area contributed by atoms with Crippen LogP contribution in [0.25, 0.3) is 0 Å². The average molecular weight is 186 g/mol. The summed E-state index contributed by atoms with van der Waals surface area (Å²) in [4.78, 5) is 0. The highest BCUT2D eigenvalue weighted by Crippen LogP contribution is 2.27. The van der Waals surface area contributed by atoms with Crippen LogP contribution < -0.4 is 11.5 Å². The first-order valence-corrected chi connectivity index (χ1v) is 5.37. The van der Waals surface area contributed by atoms with Crippen LogP contribution in [0.3, 0.4) is 0 Å². The lowest BCUT2D eigenvalue weighted by Gasteiger charge is -2.27. The third kappa shape index (κ3) is 6.05. The quantitative estimate of drug-likeness (QED) is 0.667. The van der Waals surface area contributed by atoms with Gasteiger partial charge >= 0.3 is 0 Å². The van der Waals surface area contributed by atoms with E-state index in [-0.39, 0.29) is 0 Å². The minimum atomic E-state index is 0.313. The van der Waals surface area contributed by atoms with Crippen molar-refractivity contribution in [2.24, 2.45) is 22.8 Å². The second-order valence-electron chi connectivity index (χ2n) is 5.06. The standard InChI is InChI=1S/C11H26N2/c1-5-11(3,4)7-10(13)6-9(2)8-12/h9-10H,5-8,12-13H2,1-4H3. The van der Waals surface area contributed by atoms with Crippen molar-refractivity contribution in [1.29, 1.82) is 0 Å². The van der Waals surface area contributed by atoms with Gasteiger partial charge < -0.3 is 11.5 Å². The summed E-state index contributed by atoms with van der Waals surface area (Å²) in [6.45, 7) is 9.69. The molecule has 80 valence electrons. The van der Waals surface area contributed by atoms with E-state index in [9.17, 15) is 0 Å². The molecule has 0 saturated heterocycles. The van der Waals surface area contributed by atoms with Crippen LogP contribution in [0.1, 0.15) is 47.0 Å². The molecular weight excluding hydrogens is 160 g/mol. The topological polar surface area (TPSA) is 52.0 Å². The van der Waals surface area contributed by atoms with Crippen LogP contribution >= 0.6 is 0 Å². The Morgan fingerprint density at radius 1 is 1.31 bits per heavy atom. The molecule has 0 fully saturated rings. The Bertz CT molecular complexity index is 132. The van der Waals surface area contributed by atoms with Crippen molar-refractivity contribution in [3.8, 4) is 0 Å². The Morgan fingerprint density at radius 3 is 2.23 bits per heavy atom. The van der Waals surface area contributed by atoms with Crippen molar-refractivity contribution >= 4 is 0 Å². The lowest BCUT2D eigenvalue weighted by Crippen LogP contribution is -2.30. The SMILES string of the molecule is CCC(C)(C)CC(N)CC(C)CN. The van der Waals surface area contributed by atoms with Gasteiger partial charge in [-0.3, -0.25) is 0 Å². The van der Waals surface area contributed by atoms with Crippen molar-refractivity contribution < 1.29 is 0 Å². The summed E-state index contributed by atoms with van der Waals surface area (Å²) in [6, 6.07) is 0.313. The van der Waals surface area contributed by atoms with Crippen LogP contribution in [0.15, 0.2) is 0 Å². The van der Waals surface area contributed by atoms with E-state index < -0.39 is 0 Å². The number of hydrogen-bond acceptors (Lipinski definition) is 2. The highest BCUT2D eigenvalue weighted by molar-refractivity contribution is 4.75. The smallest absolute Gasteiger partial charge is 0.00469 e. The van der Waals surface area contributed by atoms with Gasteiger partial charge in [-0.05, 0) is 30.7 Å². The van der Waals surface area contributed by atoms with Gasteiger partial charge in [0.2, 0.25) is 0 Å². The average Bonchev–Trinajstić information content (AvgIpc) is 2.03. The predicted molar refractivity (Wildman–Crippen MR) is 59.5 cm³/mol.